The molecule has 0 heterocycles. The number of benzene rings is 2. The molecule has 0 radical (unpaired) electrons. The van der Waals surface area contributed by atoms with E-state index in [0.29, 0.717) is 5.56 Å². The second kappa shape index (κ2) is 5.74. The smallest absolute Gasteiger partial charge is 0.257 e. The lowest BCUT2D eigenvalue weighted by atomic mass is 10.1. The highest BCUT2D eigenvalue weighted by Crippen LogP contribution is 2.21. The first-order chi connectivity index (χ1) is 9.51. The summed E-state index contributed by atoms with van der Waals surface area (Å²) in [5.74, 6) is -0.777. The predicted molar refractivity (Wildman–Crippen MR) is 79.8 cm³/mol. The van der Waals surface area contributed by atoms with Gasteiger partial charge < -0.3 is 10.6 Å². The molecule has 2 aromatic carbocycles. The third-order valence-corrected chi connectivity index (χ3v) is 3.06. The highest BCUT2D eigenvalue weighted by molar-refractivity contribution is 6.08. The Labute approximate surface area is 117 Å². The van der Waals surface area contributed by atoms with Crippen LogP contribution >= 0.6 is 0 Å². The van der Waals surface area contributed by atoms with Gasteiger partial charge in [0.25, 0.3) is 5.91 Å². The fraction of sp³-hybridized carbons (Fsp3) is 0.188. The van der Waals surface area contributed by atoms with Gasteiger partial charge in [-0.05, 0) is 49.2 Å². The molecular formula is C16H17FN2O. The van der Waals surface area contributed by atoms with E-state index in [2.05, 4.69) is 10.6 Å². The number of halogens is 1. The molecule has 0 bridgehead atoms. The maximum Gasteiger partial charge on any atom is 0.257 e. The molecule has 1 amide bonds. The Morgan fingerprint density at radius 1 is 1.00 bits per heavy atom. The molecule has 104 valence electrons. The SMILES string of the molecule is CNc1cc(C)ccc1C(=O)Nc1cc(C)ccc1F. The number of amides is 1. The third kappa shape index (κ3) is 2.96. The molecule has 0 saturated heterocycles. The largest absolute Gasteiger partial charge is 0.387 e. The van der Waals surface area contributed by atoms with Crippen LogP contribution in [0, 0.1) is 19.7 Å². The Balaban J connectivity index is 2.30. The van der Waals surface area contributed by atoms with E-state index in [1.165, 1.54) is 6.07 Å². The minimum Gasteiger partial charge on any atom is -0.387 e. The number of rotatable bonds is 3. The van der Waals surface area contributed by atoms with Gasteiger partial charge in [0.05, 0.1) is 11.3 Å². The molecular weight excluding hydrogens is 255 g/mol. The van der Waals surface area contributed by atoms with Crippen LogP contribution in [-0.4, -0.2) is 13.0 Å². The van der Waals surface area contributed by atoms with Crippen molar-refractivity contribution in [2.45, 2.75) is 13.8 Å². The van der Waals surface area contributed by atoms with Crippen molar-refractivity contribution in [1.29, 1.82) is 0 Å². The lowest BCUT2D eigenvalue weighted by molar-refractivity contribution is 0.102. The molecule has 0 aliphatic rings. The van der Waals surface area contributed by atoms with Crippen molar-refractivity contribution in [1.82, 2.24) is 0 Å². The minimum absolute atomic E-state index is 0.192. The summed E-state index contributed by atoms with van der Waals surface area (Å²) in [5.41, 5.74) is 3.33. The zero-order valence-electron chi connectivity index (χ0n) is 11.8. The zero-order chi connectivity index (χ0) is 14.7. The molecule has 20 heavy (non-hydrogen) atoms. The van der Waals surface area contributed by atoms with Gasteiger partial charge in [-0.2, -0.15) is 0 Å². The van der Waals surface area contributed by atoms with Crippen molar-refractivity contribution < 1.29 is 9.18 Å². The fourth-order valence-electron chi connectivity index (χ4n) is 1.99. The van der Waals surface area contributed by atoms with E-state index in [-0.39, 0.29) is 11.6 Å². The Morgan fingerprint density at radius 3 is 2.25 bits per heavy atom. The highest BCUT2D eigenvalue weighted by Gasteiger charge is 2.13. The molecule has 0 aromatic heterocycles. The average Bonchev–Trinajstić information content (AvgIpc) is 2.42. The van der Waals surface area contributed by atoms with Crippen molar-refractivity contribution in [3.8, 4) is 0 Å². The zero-order valence-corrected chi connectivity index (χ0v) is 11.8. The topological polar surface area (TPSA) is 41.1 Å². The number of nitrogens with one attached hydrogen (secondary N) is 2. The first-order valence-electron chi connectivity index (χ1n) is 6.37. The number of aryl methyl sites for hydroxylation is 2. The van der Waals surface area contributed by atoms with Crippen LogP contribution in [-0.2, 0) is 0 Å². The van der Waals surface area contributed by atoms with Gasteiger partial charge in [-0.25, -0.2) is 4.39 Å². The van der Waals surface area contributed by atoms with Gasteiger partial charge in [0.2, 0.25) is 0 Å². The van der Waals surface area contributed by atoms with Gasteiger partial charge in [0.1, 0.15) is 5.82 Å². The quantitative estimate of drug-likeness (QED) is 0.893. The number of carbonyl (C=O) groups excluding carboxylic acids is 1. The number of carbonyl (C=O) groups is 1. The standard InChI is InChI=1S/C16H17FN2O/c1-10-4-6-12(14(8-10)18-3)16(20)19-15-9-11(2)5-7-13(15)17/h4-9,18H,1-3H3,(H,19,20). The first-order valence-corrected chi connectivity index (χ1v) is 6.37. The molecule has 2 rings (SSSR count). The van der Waals surface area contributed by atoms with Crippen LogP contribution in [0.15, 0.2) is 36.4 Å². The monoisotopic (exact) mass is 272 g/mol. The molecule has 0 spiro atoms. The van der Waals surface area contributed by atoms with Crippen molar-refractivity contribution in [3.63, 3.8) is 0 Å². The predicted octanol–water partition coefficient (Wildman–Crippen LogP) is 3.74. The number of anilines is 2. The summed E-state index contributed by atoms with van der Waals surface area (Å²) in [4.78, 5) is 12.3. The van der Waals surface area contributed by atoms with Crippen LogP contribution in [0.1, 0.15) is 21.5 Å². The van der Waals surface area contributed by atoms with E-state index in [4.69, 9.17) is 0 Å². The van der Waals surface area contributed by atoms with Crippen LogP contribution in [0.2, 0.25) is 0 Å². The lowest BCUT2D eigenvalue weighted by Gasteiger charge is -2.11. The lowest BCUT2D eigenvalue weighted by Crippen LogP contribution is -2.15. The summed E-state index contributed by atoms with van der Waals surface area (Å²) in [6.45, 7) is 3.79. The molecule has 3 nitrogen and oxygen atoms in total. The summed E-state index contributed by atoms with van der Waals surface area (Å²) < 4.78 is 13.7. The van der Waals surface area contributed by atoms with Crippen molar-refractivity contribution in [3.05, 3.63) is 58.9 Å². The molecule has 0 unspecified atom stereocenters. The van der Waals surface area contributed by atoms with Gasteiger partial charge in [-0.3, -0.25) is 4.79 Å². The summed E-state index contributed by atoms with van der Waals surface area (Å²) in [6, 6.07) is 10.1. The number of hydrogen-bond donors (Lipinski definition) is 2. The molecule has 0 aliphatic heterocycles. The Kier molecular flexibility index (Phi) is 4.03. The van der Waals surface area contributed by atoms with E-state index in [9.17, 15) is 9.18 Å². The van der Waals surface area contributed by atoms with E-state index in [1.54, 1.807) is 25.2 Å². The molecule has 2 N–H and O–H groups in total. The first kappa shape index (κ1) is 14.1. The van der Waals surface area contributed by atoms with Gasteiger partial charge in [0, 0.05) is 12.7 Å². The van der Waals surface area contributed by atoms with Gasteiger partial charge in [-0.1, -0.05) is 12.1 Å². The van der Waals surface area contributed by atoms with E-state index < -0.39 is 5.82 Å². The van der Waals surface area contributed by atoms with Crippen molar-refractivity contribution in [2.75, 3.05) is 17.7 Å². The van der Waals surface area contributed by atoms with Gasteiger partial charge in [0.15, 0.2) is 0 Å². The van der Waals surface area contributed by atoms with Gasteiger partial charge >= 0.3 is 0 Å². The maximum atomic E-state index is 13.7. The van der Waals surface area contributed by atoms with Crippen LogP contribution in [0.3, 0.4) is 0 Å². The maximum absolute atomic E-state index is 13.7. The van der Waals surface area contributed by atoms with E-state index in [0.717, 1.165) is 16.8 Å². The minimum atomic E-state index is -0.443. The Hall–Kier alpha value is -2.36. The van der Waals surface area contributed by atoms with Crippen LogP contribution in [0.5, 0.6) is 0 Å². The normalized spacial score (nSPS) is 10.2. The molecule has 2 aromatic rings. The third-order valence-electron chi connectivity index (χ3n) is 3.06. The van der Waals surface area contributed by atoms with Gasteiger partial charge in [-0.15, -0.1) is 0 Å². The summed E-state index contributed by atoms with van der Waals surface area (Å²) in [5, 5.41) is 5.58. The van der Waals surface area contributed by atoms with E-state index in [1.807, 2.05) is 26.0 Å². The summed E-state index contributed by atoms with van der Waals surface area (Å²) in [7, 11) is 1.75. The van der Waals surface area contributed by atoms with Crippen LogP contribution < -0.4 is 10.6 Å². The average molecular weight is 272 g/mol. The van der Waals surface area contributed by atoms with Crippen molar-refractivity contribution in [2.24, 2.45) is 0 Å². The van der Waals surface area contributed by atoms with Crippen LogP contribution in [0.4, 0.5) is 15.8 Å². The molecule has 0 saturated carbocycles. The molecule has 4 heteroatoms. The molecule has 0 aliphatic carbocycles. The molecule has 0 atom stereocenters. The number of hydrogen-bond acceptors (Lipinski definition) is 2. The Bertz CT molecular complexity index is 653. The van der Waals surface area contributed by atoms with Crippen LogP contribution in [0.25, 0.3) is 0 Å². The van der Waals surface area contributed by atoms with Crippen molar-refractivity contribution >= 4 is 17.3 Å². The Morgan fingerprint density at radius 2 is 1.60 bits per heavy atom. The second-order valence-electron chi connectivity index (χ2n) is 4.74. The highest BCUT2D eigenvalue weighted by atomic mass is 19.1. The van der Waals surface area contributed by atoms with E-state index >= 15 is 0 Å². The second-order valence-corrected chi connectivity index (χ2v) is 4.74. The summed E-state index contributed by atoms with van der Waals surface area (Å²) >= 11 is 0. The summed E-state index contributed by atoms with van der Waals surface area (Å²) in [6.07, 6.45) is 0. The fourth-order valence-corrected chi connectivity index (χ4v) is 1.99. The molecule has 0 fully saturated rings.